The Kier molecular flexibility index (Phi) is 5.87. The lowest BCUT2D eigenvalue weighted by molar-refractivity contribution is -0.121. The summed E-state index contributed by atoms with van der Waals surface area (Å²) in [6, 6.07) is 18.5. The van der Waals surface area contributed by atoms with Gasteiger partial charge in [0.05, 0.1) is 23.7 Å². The van der Waals surface area contributed by atoms with Crippen molar-refractivity contribution in [3.05, 3.63) is 66.2 Å². The van der Waals surface area contributed by atoms with Crippen molar-refractivity contribution >= 4 is 32.4 Å². The van der Waals surface area contributed by atoms with E-state index in [0.717, 1.165) is 28.5 Å². The molecule has 0 saturated heterocycles. The van der Waals surface area contributed by atoms with Crippen LogP contribution in [0.15, 0.2) is 65.6 Å². The van der Waals surface area contributed by atoms with Crippen LogP contribution in [-0.2, 0) is 14.8 Å². The first-order valence-corrected chi connectivity index (χ1v) is 11.9. The molecule has 0 aliphatic carbocycles. The molecule has 0 aromatic heterocycles. The summed E-state index contributed by atoms with van der Waals surface area (Å²) in [5.41, 5.74) is 1.71. The van der Waals surface area contributed by atoms with Gasteiger partial charge in [-0.05, 0) is 48.1 Å². The highest BCUT2D eigenvalue weighted by Crippen LogP contribution is 2.41. The Bertz CT molecular complexity index is 1200. The number of carbonyl (C=O) groups is 1. The summed E-state index contributed by atoms with van der Waals surface area (Å²) in [4.78, 5) is 12.9. The van der Waals surface area contributed by atoms with E-state index in [0.29, 0.717) is 17.0 Å². The van der Waals surface area contributed by atoms with Gasteiger partial charge in [-0.3, -0.25) is 9.10 Å². The molecule has 0 fully saturated rings. The van der Waals surface area contributed by atoms with Gasteiger partial charge < -0.3 is 10.1 Å². The second-order valence-electron chi connectivity index (χ2n) is 7.61. The van der Waals surface area contributed by atoms with Crippen LogP contribution in [0.4, 0.5) is 5.69 Å². The molecule has 3 aromatic carbocycles. The van der Waals surface area contributed by atoms with Gasteiger partial charge in [0.25, 0.3) is 10.0 Å². The van der Waals surface area contributed by atoms with Gasteiger partial charge >= 0.3 is 0 Å². The van der Waals surface area contributed by atoms with Gasteiger partial charge in [-0.25, -0.2) is 8.42 Å². The average molecular weight is 439 g/mol. The van der Waals surface area contributed by atoms with E-state index in [4.69, 9.17) is 4.74 Å². The first kappa shape index (κ1) is 21.2. The van der Waals surface area contributed by atoms with Crippen molar-refractivity contribution in [3.63, 3.8) is 0 Å². The SMILES string of the molecule is CC[C@@H](NC(=O)CCCN1c2cccc3cccc(c23)S1(=O)=O)c1ccc(OC)cc1. The summed E-state index contributed by atoms with van der Waals surface area (Å²) in [5, 5.41) is 4.73. The standard InChI is InChI=1S/C24H26N2O4S/c1-3-20(17-12-14-19(30-2)15-13-17)25-23(27)11-6-16-26-21-9-4-7-18-8-5-10-22(24(18)21)31(26,28)29/h4-5,7-10,12-15,20H,3,6,11,16H2,1-2H3,(H,25,27)/t20-/m1/s1. The molecule has 0 bridgehead atoms. The first-order valence-electron chi connectivity index (χ1n) is 10.4. The van der Waals surface area contributed by atoms with Crippen LogP contribution in [-0.4, -0.2) is 28.0 Å². The van der Waals surface area contributed by atoms with Crippen LogP contribution in [0.3, 0.4) is 0 Å². The lowest BCUT2D eigenvalue weighted by atomic mass is 10.0. The minimum absolute atomic E-state index is 0.0880. The molecular formula is C24H26N2O4S. The molecule has 1 heterocycles. The lowest BCUT2D eigenvalue weighted by Crippen LogP contribution is -2.31. The van der Waals surface area contributed by atoms with E-state index in [9.17, 15) is 13.2 Å². The summed E-state index contributed by atoms with van der Waals surface area (Å²) in [6.07, 6.45) is 1.45. The number of carbonyl (C=O) groups excluding carboxylic acids is 1. The summed E-state index contributed by atoms with van der Waals surface area (Å²) >= 11 is 0. The summed E-state index contributed by atoms with van der Waals surface area (Å²) in [6.45, 7) is 2.28. The van der Waals surface area contributed by atoms with Crippen LogP contribution >= 0.6 is 0 Å². The van der Waals surface area contributed by atoms with Crippen molar-refractivity contribution in [2.24, 2.45) is 0 Å². The Labute approximate surface area is 182 Å². The van der Waals surface area contributed by atoms with Crippen LogP contribution < -0.4 is 14.4 Å². The number of nitrogens with one attached hydrogen (secondary N) is 1. The molecular weight excluding hydrogens is 412 g/mol. The van der Waals surface area contributed by atoms with Crippen molar-refractivity contribution in [3.8, 4) is 5.75 Å². The number of sulfonamides is 1. The third-order valence-electron chi connectivity index (χ3n) is 5.71. The fraction of sp³-hybridized carbons (Fsp3) is 0.292. The minimum atomic E-state index is -3.58. The Balaban J connectivity index is 1.40. The number of rotatable bonds is 8. The maximum Gasteiger partial charge on any atom is 0.265 e. The van der Waals surface area contributed by atoms with Crippen LogP contribution in [0.2, 0.25) is 0 Å². The van der Waals surface area contributed by atoms with E-state index < -0.39 is 10.0 Å². The van der Waals surface area contributed by atoms with Gasteiger partial charge in [-0.15, -0.1) is 0 Å². The second kappa shape index (κ2) is 8.59. The van der Waals surface area contributed by atoms with Gasteiger partial charge in [0.2, 0.25) is 5.91 Å². The highest BCUT2D eigenvalue weighted by molar-refractivity contribution is 7.93. The molecule has 1 N–H and O–H groups in total. The monoisotopic (exact) mass is 438 g/mol. The number of nitrogens with zero attached hydrogens (tertiary/aromatic N) is 1. The minimum Gasteiger partial charge on any atom is -0.497 e. The van der Waals surface area contributed by atoms with E-state index in [-0.39, 0.29) is 24.9 Å². The van der Waals surface area contributed by atoms with Crippen LogP contribution in [0.1, 0.15) is 37.8 Å². The van der Waals surface area contributed by atoms with Gasteiger partial charge in [0, 0.05) is 18.4 Å². The van der Waals surface area contributed by atoms with Crippen molar-refractivity contribution in [1.82, 2.24) is 5.32 Å². The van der Waals surface area contributed by atoms with Crippen molar-refractivity contribution in [1.29, 1.82) is 0 Å². The fourth-order valence-electron chi connectivity index (χ4n) is 4.11. The third kappa shape index (κ3) is 3.97. The second-order valence-corrected chi connectivity index (χ2v) is 9.44. The number of methoxy groups -OCH3 is 1. The fourth-order valence-corrected chi connectivity index (χ4v) is 5.85. The third-order valence-corrected chi connectivity index (χ3v) is 7.56. The topological polar surface area (TPSA) is 75.7 Å². The molecule has 0 unspecified atom stereocenters. The molecule has 1 amide bonds. The van der Waals surface area contributed by atoms with Crippen LogP contribution in [0.25, 0.3) is 10.8 Å². The van der Waals surface area contributed by atoms with Crippen molar-refractivity contribution in [2.75, 3.05) is 18.0 Å². The summed E-state index contributed by atoms with van der Waals surface area (Å²) in [5.74, 6) is 0.683. The molecule has 4 rings (SSSR count). The largest absolute Gasteiger partial charge is 0.497 e. The zero-order valence-electron chi connectivity index (χ0n) is 17.7. The van der Waals surface area contributed by atoms with E-state index >= 15 is 0 Å². The van der Waals surface area contributed by atoms with Crippen molar-refractivity contribution < 1.29 is 17.9 Å². The molecule has 1 atom stereocenters. The quantitative estimate of drug-likeness (QED) is 0.565. The number of anilines is 1. The Morgan fingerprint density at radius 2 is 1.77 bits per heavy atom. The molecule has 0 radical (unpaired) electrons. The van der Waals surface area contributed by atoms with Gasteiger partial charge in [0.1, 0.15) is 5.75 Å². The molecule has 0 saturated carbocycles. The lowest BCUT2D eigenvalue weighted by Gasteiger charge is -2.20. The number of hydrogen-bond acceptors (Lipinski definition) is 4. The molecule has 1 aliphatic heterocycles. The predicted molar refractivity (Wildman–Crippen MR) is 122 cm³/mol. The molecule has 0 spiro atoms. The normalized spacial score (nSPS) is 15.1. The van der Waals surface area contributed by atoms with Gasteiger partial charge in [0.15, 0.2) is 0 Å². The Morgan fingerprint density at radius 3 is 2.45 bits per heavy atom. The number of amides is 1. The number of hydrogen-bond donors (Lipinski definition) is 1. The smallest absolute Gasteiger partial charge is 0.265 e. The van der Waals surface area contributed by atoms with E-state index in [1.165, 1.54) is 4.31 Å². The Morgan fingerprint density at radius 1 is 1.06 bits per heavy atom. The molecule has 1 aliphatic rings. The summed E-state index contributed by atoms with van der Waals surface area (Å²) in [7, 11) is -1.97. The van der Waals surface area contributed by atoms with Gasteiger partial charge in [-0.2, -0.15) is 0 Å². The maximum atomic E-state index is 13.0. The predicted octanol–water partition coefficient (Wildman–Crippen LogP) is 4.40. The molecule has 162 valence electrons. The number of ether oxygens (including phenoxy) is 1. The molecule has 6 nitrogen and oxygen atoms in total. The summed E-state index contributed by atoms with van der Waals surface area (Å²) < 4.78 is 32.6. The molecule has 7 heteroatoms. The van der Waals surface area contributed by atoms with E-state index in [2.05, 4.69) is 5.32 Å². The van der Waals surface area contributed by atoms with Gasteiger partial charge in [-0.1, -0.05) is 43.3 Å². The van der Waals surface area contributed by atoms with Crippen LogP contribution in [0, 0.1) is 0 Å². The number of benzene rings is 3. The van der Waals surface area contributed by atoms with Crippen molar-refractivity contribution in [2.45, 2.75) is 37.1 Å². The maximum absolute atomic E-state index is 13.0. The molecule has 31 heavy (non-hydrogen) atoms. The highest BCUT2D eigenvalue weighted by Gasteiger charge is 2.35. The first-order chi connectivity index (χ1) is 15.0. The van der Waals surface area contributed by atoms with E-state index in [1.807, 2.05) is 55.5 Å². The average Bonchev–Trinajstić information content (AvgIpc) is 3.01. The highest BCUT2D eigenvalue weighted by atomic mass is 32.2. The Hall–Kier alpha value is -3.06. The van der Waals surface area contributed by atoms with Crippen LogP contribution in [0.5, 0.6) is 5.75 Å². The molecule has 3 aromatic rings. The zero-order chi connectivity index (χ0) is 22.0. The zero-order valence-corrected chi connectivity index (χ0v) is 18.5. The van der Waals surface area contributed by atoms with E-state index in [1.54, 1.807) is 19.2 Å².